The summed E-state index contributed by atoms with van der Waals surface area (Å²) in [5.74, 6) is 0. The van der Waals surface area contributed by atoms with E-state index in [4.69, 9.17) is 0 Å². The Balaban J connectivity index is 0. The second-order valence-electron chi connectivity index (χ2n) is 0. The van der Waals surface area contributed by atoms with Crippen molar-refractivity contribution in [2.45, 2.75) is 0 Å². The summed E-state index contributed by atoms with van der Waals surface area (Å²) in [6.45, 7) is 0. The van der Waals surface area contributed by atoms with Crippen molar-refractivity contribution < 1.29 is 80.3 Å². The van der Waals surface area contributed by atoms with Gasteiger partial charge in [-0.05, 0) is 0 Å². The molecule has 0 aromatic heterocycles. The number of hydrogen-bond donors (Lipinski definition) is 0. The Kier molecular flexibility index (Phi) is 2060. The van der Waals surface area contributed by atoms with Gasteiger partial charge in [-0.3, -0.25) is 0 Å². The number of hydrogen-bond acceptors (Lipinski definition) is 0. The van der Waals surface area contributed by atoms with Crippen molar-refractivity contribution >= 4 is 23.9 Å². The van der Waals surface area contributed by atoms with E-state index in [1.165, 1.54) is 0 Å². The fraction of sp³-hybridized carbons (Fsp3) is 0. The summed E-state index contributed by atoms with van der Waals surface area (Å²) in [6, 6.07) is 0. The van der Waals surface area contributed by atoms with E-state index in [1.54, 1.807) is 0 Å². The van der Waals surface area contributed by atoms with Crippen molar-refractivity contribution in [2.75, 3.05) is 0 Å². The normalized spacial score (nSPS) is 0. The predicted molar refractivity (Wildman–Crippen MR) is 15.6 cm³/mol. The summed E-state index contributed by atoms with van der Waals surface area (Å²) in [6.07, 6.45) is 0. The van der Waals surface area contributed by atoms with Gasteiger partial charge in [0.05, 0.1) is 0 Å². The quantitative estimate of drug-likeness (QED) is 0.416. The molecule has 0 aliphatic heterocycles. The molecule has 0 unspecified atom stereocenters. The maximum atomic E-state index is 0. The van der Waals surface area contributed by atoms with Gasteiger partial charge in [-0.2, -0.15) is 0 Å². The van der Waals surface area contributed by atoms with Crippen LogP contribution in [0.15, 0.2) is 0 Å². The summed E-state index contributed by atoms with van der Waals surface area (Å²) < 4.78 is 0. The van der Waals surface area contributed by atoms with E-state index in [0.29, 0.717) is 0 Å². The van der Waals surface area contributed by atoms with E-state index in [0.717, 1.165) is 0 Å². The van der Waals surface area contributed by atoms with E-state index in [9.17, 15) is 0 Å². The van der Waals surface area contributed by atoms with Crippen LogP contribution in [0.1, 0.15) is 0 Å². The molecule has 0 amide bonds. The second-order valence-corrected chi connectivity index (χ2v) is 0. The summed E-state index contributed by atoms with van der Waals surface area (Å²) in [5, 5.41) is 0. The van der Waals surface area contributed by atoms with Gasteiger partial charge in [0.2, 0.25) is 0 Å². The molecule has 8 heavy (non-hydrogen) atoms. The fourth-order valence-electron chi connectivity index (χ4n) is 0. The number of rotatable bonds is 0. The smallest absolute Gasteiger partial charge is 2.00 e. The average Bonchev–Trinajstić information content (AvgIpc) is 0. The molecule has 0 aromatic carbocycles. The first-order valence-corrected chi connectivity index (χ1v) is 0. The van der Waals surface area contributed by atoms with Crippen LogP contribution in [-0.4, -0.2) is 29.4 Å². The summed E-state index contributed by atoms with van der Waals surface area (Å²) in [4.78, 5) is 0. The van der Waals surface area contributed by atoms with E-state index in [1.807, 2.05) is 0 Å². The third-order valence-corrected chi connectivity index (χ3v) is 0. The van der Waals surface area contributed by atoms with Crippen molar-refractivity contribution in [1.82, 2.24) is 0 Å². The summed E-state index contributed by atoms with van der Waals surface area (Å²) in [7, 11) is 0. The third-order valence-electron chi connectivity index (χ3n) is 0. The van der Waals surface area contributed by atoms with Gasteiger partial charge in [0, 0.05) is 0 Å². The van der Waals surface area contributed by atoms with Gasteiger partial charge in [0.25, 0.3) is 0 Å². The molecule has 0 spiro atoms. The average molecular weight is 384 g/mol. The molecule has 0 aliphatic rings. The first-order chi connectivity index (χ1) is 0. The van der Waals surface area contributed by atoms with Crippen molar-refractivity contribution in [3.05, 3.63) is 0 Å². The minimum Gasteiger partial charge on any atom is 2.00 e. The molecule has 39 valence electrons. The Morgan fingerprint density at radius 2 is 0.500 bits per heavy atom. The molecule has 0 aromatic rings. The SMILES string of the molecule is O.[O-2].[O-2].[O-2].[SnH3].[Zn+2].[Zn+2].[Zn+2]. The Labute approximate surface area is 103 Å². The van der Waals surface area contributed by atoms with Gasteiger partial charge in [0.15, 0.2) is 0 Å². The third kappa shape index (κ3) is 76.2. The van der Waals surface area contributed by atoms with Gasteiger partial charge in [-0.15, -0.1) is 0 Å². The van der Waals surface area contributed by atoms with Gasteiger partial charge in [-0.1, -0.05) is 0 Å². The van der Waals surface area contributed by atoms with E-state index in [-0.39, 0.29) is 104 Å². The van der Waals surface area contributed by atoms with Crippen LogP contribution in [0.2, 0.25) is 0 Å². The van der Waals surface area contributed by atoms with Gasteiger partial charge in [-0.25, -0.2) is 0 Å². The summed E-state index contributed by atoms with van der Waals surface area (Å²) in [5.41, 5.74) is 0. The van der Waals surface area contributed by atoms with E-state index in [2.05, 4.69) is 0 Å². The first-order valence-electron chi connectivity index (χ1n) is 0. The van der Waals surface area contributed by atoms with Crippen LogP contribution in [0.4, 0.5) is 0 Å². The van der Waals surface area contributed by atoms with Gasteiger partial charge >= 0.3 is 82.3 Å². The molecule has 0 atom stereocenters. The molecule has 0 saturated heterocycles. The molecule has 0 rings (SSSR count). The molecule has 0 bridgehead atoms. The zero-order valence-corrected chi connectivity index (χ0v) is 19.5. The van der Waals surface area contributed by atoms with Crippen molar-refractivity contribution in [1.29, 1.82) is 0 Å². The molecular weight excluding hydrogens is 379 g/mol. The van der Waals surface area contributed by atoms with Crippen LogP contribution >= 0.6 is 0 Å². The monoisotopic (exact) mass is 381 g/mol. The van der Waals surface area contributed by atoms with Crippen LogP contribution in [0.3, 0.4) is 0 Å². The van der Waals surface area contributed by atoms with Crippen molar-refractivity contribution in [3.8, 4) is 0 Å². The Hall–Kier alpha value is 2.51. The summed E-state index contributed by atoms with van der Waals surface area (Å²) >= 11 is 0. The zero-order chi connectivity index (χ0) is 0. The minimum absolute atomic E-state index is 0. The molecule has 0 heterocycles. The molecular formula is H5O4SnZn3. The molecule has 2 N–H and O–H groups in total. The second kappa shape index (κ2) is 109. The molecule has 8 heteroatoms. The maximum absolute atomic E-state index is 0. The molecule has 1 radical (unpaired) electrons. The predicted octanol–water partition coefficient (Wildman–Crippen LogP) is -2.37. The van der Waals surface area contributed by atoms with Crippen LogP contribution in [0.25, 0.3) is 0 Å². The fourth-order valence-corrected chi connectivity index (χ4v) is 0. The van der Waals surface area contributed by atoms with E-state index < -0.39 is 0 Å². The van der Waals surface area contributed by atoms with Gasteiger partial charge < -0.3 is 21.9 Å². The molecule has 4 nitrogen and oxygen atoms in total. The molecule has 0 fully saturated rings. The van der Waals surface area contributed by atoms with Crippen molar-refractivity contribution in [3.63, 3.8) is 0 Å². The minimum atomic E-state index is 0. The molecule has 0 saturated carbocycles. The van der Waals surface area contributed by atoms with Crippen molar-refractivity contribution in [2.24, 2.45) is 0 Å². The van der Waals surface area contributed by atoms with Crippen LogP contribution in [0.5, 0.6) is 0 Å². The Morgan fingerprint density at radius 1 is 0.500 bits per heavy atom. The van der Waals surface area contributed by atoms with Crippen LogP contribution in [-0.2, 0) is 74.9 Å². The first kappa shape index (κ1) is 151. The van der Waals surface area contributed by atoms with E-state index >= 15 is 0 Å². The van der Waals surface area contributed by atoms with Crippen LogP contribution in [0, 0.1) is 0 Å². The topological polar surface area (TPSA) is 117 Å². The van der Waals surface area contributed by atoms with Crippen LogP contribution < -0.4 is 0 Å². The Morgan fingerprint density at radius 3 is 0.500 bits per heavy atom. The Bertz CT molecular complexity index is 11.2. The zero-order valence-electron chi connectivity index (χ0n) is 4.85. The standard InChI is InChI=1S/H2O.3O.Sn.3Zn.3H/h1H2;;;;;;;;;;/q;3*-2;;3*+2;;;. The molecule has 0 aliphatic carbocycles. The maximum Gasteiger partial charge on any atom is 2.00 e. The largest absolute Gasteiger partial charge is 2.00 e. The van der Waals surface area contributed by atoms with Gasteiger partial charge in [0.1, 0.15) is 0 Å².